The highest BCUT2D eigenvalue weighted by Gasteiger charge is 2.59. The molecule has 0 saturated heterocycles. The van der Waals surface area contributed by atoms with E-state index in [-0.39, 0.29) is 47.6 Å². The maximum atomic E-state index is 12.9. The van der Waals surface area contributed by atoms with Crippen molar-refractivity contribution in [3.63, 3.8) is 0 Å². The van der Waals surface area contributed by atoms with Crippen molar-refractivity contribution in [3.05, 3.63) is 11.6 Å². The molecule has 0 aromatic rings. The van der Waals surface area contributed by atoms with Gasteiger partial charge in [-0.3, -0.25) is 9.59 Å². The molecule has 30 heavy (non-hydrogen) atoms. The van der Waals surface area contributed by atoms with E-state index >= 15 is 0 Å². The van der Waals surface area contributed by atoms with Gasteiger partial charge in [-0.15, -0.1) is 0 Å². The van der Waals surface area contributed by atoms with Gasteiger partial charge in [0.25, 0.3) is 0 Å². The van der Waals surface area contributed by atoms with Crippen LogP contribution in [0.2, 0.25) is 0 Å². The molecule has 168 valence electrons. The van der Waals surface area contributed by atoms with Gasteiger partial charge in [-0.2, -0.15) is 0 Å². The molecule has 0 aromatic carbocycles. The van der Waals surface area contributed by atoms with Crippen molar-refractivity contribution >= 4 is 11.8 Å². The fourth-order valence-corrected chi connectivity index (χ4v) is 7.97. The third kappa shape index (κ3) is 3.46. The second-order valence-corrected chi connectivity index (χ2v) is 10.9. The molecule has 5 nitrogen and oxygen atoms in total. The summed E-state index contributed by atoms with van der Waals surface area (Å²) in [6.07, 6.45) is 10.1. The topological polar surface area (TPSA) is 83.8 Å². The molecular weight excluding hydrogens is 380 g/mol. The van der Waals surface area contributed by atoms with E-state index in [1.807, 2.05) is 0 Å². The molecule has 4 aliphatic rings. The number of fused-ring (bicyclic) bond motifs is 5. The highest BCUT2D eigenvalue weighted by atomic mass is 16.5. The van der Waals surface area contributed by atoms with Crippen LogP contribution >= 0.6 is 0 Å². The molecule has 2 N–H and O–H groups in total. The standard InChI is InChI=1S/C25H38O5/c1-15(27)30-14-23(29)21-7-6-19-18-5-4-17-12-16(22(28)13-26)8-10-24(17,2)20(18)9-11-25(19,21)3/h4,16,18-22,26,28H,5-14H2,1-3H3/t16?,18-,19-,20-,21+,22?,24-,25-/m0/s1. The van der Waals surface area contributed by atoms with Crippen molar-refractivity contribution in [2.45, 2.75) is 78.2 Å². The molecule has 0 radical (unpaired) electrons. The molecule has 4 aliphatic carbocycles. The number of aliphatic hydroxyl groups is 2. The number of ether oxygens (including phenoxy) is 1. The highest BCUT2D eigenvalue weighted by Crippen LogP contribution is 2.66. The third-order valence-corrected chi connectivity index (χ3v) is 9.68. The predicted molar refractivity (Wildman–Crippen MR) is 113 cm³/mol. The van der Waals surface area contributed by atoms with E-state index in [1.165, 1.54) is 12.5 Å². The Morgan fingerprint density at radius 2 is 1.93 bits per heavy atom. The summed E-state index contributed by atoms with van der Waals surface area (Å²) in [7, 11) is 0. The van der Waals surface area contributed by atoms with Crippen LogP contribution in [-0.4, -0.2) is 41.3 Å². The van der Waals surface area contributed by atoms with Crippen molar-refractivity contribution in [1.82, 2.24) is 0 Å². The van der Waals surface area contributed by atoms with Crippen LogP contribution in [0, 0.1) is 40.4 Å². The minimum Gasteiger partial charge on any atom is -0.458 e. The fourth-order valence-electron chi connectivity index (χ4n) is 7.97. The minimum atomic E-state index is -0.610. The largest absolute Gasteiger partial charge is 0.458 e. The molecule has 0 spiro atoms. The zero-order valence-electron chi connectivity index (χ0n) is 18.7. The molecule has 3 fully saturated rings. The quantitative estimate of drug-likeness (QED) is 0.526. The lowest BCUT2D eigenvalue weighted by Gasteiger charge is -2.58. The summed E-state index contributed by atoms with van der Waals surface area (Å²) in [5, 5.41) is 19.5. The Morgan fingerprint density at radius 1 is 1.17 bits per heavy atom. The van der Waals surface area contributed by atoms with Gasteiger partial charge in [0.1, 0.15) is 6.61 Å². The summed E-state index contributed by atoms with van der Waals surface area (Å²) < 4.78 is 5.04. The van der Waals surface area contributed by atoms with Crippen LogP contribution < -0.4 is 0 Å². The Morgan fingerprint density at radius 3 is 2.63 bits per heavy atom. The molecule has 5 heteroatoms. The van der Waals surface area contributed by atoms with Crippen LogP contribution in [0.4, 0.5) is 0 Å². The molecule has 2 unspecified atom stereocenters. The van der Waals surface area contributed by atoms with Crippen molar-refractivity contribution in [2.24, 2.45) is 40.4 Å². The summed E-state index contributed by atoms with van der Waals surface area (Å²) in [6, 6.07) is 0. The first-order chi connectivity index (χ1) is 14.2. The van der Waals surface area contributed by atoms with Gasteiger partial charge in [0.2, 0.25) is 0 Å². The first-order valence-electron chi connectivity index (χ1n) is 11.8. The highest BCUT2D eigenvalue weighted by molar-refractivity contribution is 5.85. The zero-order valence-corrected chi connectivity index (χ0v) is 18.7. The SMILES string of the molecule is CC(=O)OCC(=O)[C@H]1CC[C@H]2[C@@H]3CC=C4CC(C(O)CO)CC[C@]4(C)[C@H]3CC[C@]12C. The number of allylic oxidation sites excluding steroid dienone is 2. The molecule has 3 saturated carbocycles. The lowest BCUT2D eigenvalue weighted by molar-refractivity contribution is -0.149. The van der Waals surface area contributed by atoms with Crippen molar-refractivity contribution in [3.8, 4) is 0 Å². The van der Waals surface area contributed by atoms with Crippen molar-refractivity contribution in [2.75, 3.05) is 13.2 Å². The van der Waals surface area contributed by atoms with Crippen LogP contribution in [0.15, 0.2) is 11.6 Å². The molecule has 0 bridgehead atoms. The number of ketones is 1. The minimum absolute atomic E-state index is 0.0106. The van der Waals surface area contributed by atoms with Gasteiger partial charge in [-0.05, 0) is 85.9 Å². The van der Waals surface area contributed by atoms with E-state index in [0.717, 1.165) is 51.4 Å². The van der Waals surface area contributed by atoms with Gasteiger partial charge in [0, 0.05) is 12.8 Å². The number of carbonyl (C=O) groups is 2. The smallest absolute Gasteiger partial charge is 0.303 e. The first kappa shape index (κ1) is 22.0. The van der Waals surface area contributed by atoms with E-state index in [2.05, 4.69) is 19.9 Å². The van der Waals surface area contributed by atoms with Crippen LogP contribution in [0.3, 0.4) is 0 Å². The van der Waals surface area contributed by atoms with Crippen LogP contribution in [-0.2, 0) is 14.3 Å². The van der Waals surface area contributed by atoms with Gasteiger partial charge < -0.3 is 14.9 Å². The Labute approximate surface area is 180 Å². The van der Waals surface area contributed by atoms with Gasteiger partial charge in [-0.1, -0.05) is 25.5 Å². The van der Waals surface area contributed by atoms with E-state index in [9.17, 15) is 19.8 Å². The van der Waals surface area contributed by atoms with Crippen molar-refractivity contribution in [1.29, 1.82) is 0 Å². The lowest BCUT2D eigenvalue weighted by atomic mass is 9.46. The first-order valence-corrected chi connectivity index (χ1v) is 11.8. The number of esters is 1. The molecule has 0 aromatic heterocycles. The van der Waals surface area contributed by atoms with E-state index in [1.54, 1.807) is 0 Å². The van der Waals surface area contributed by atoms with Crippen LogP contribution in [0.1, 0.15) is 72.1 Å². The number of hydrogen-bond acceptors (Lipinski definition) is 5. The second kappa shape index (κ2) is 8.05. The van der Waals surface area contributed by atoms with Crippen LogP contribution in [0.25, 0.3) is 0 Å². The van der Waals surface area contributed by atoms with E-state index < -0.39 is 6.10 Å². The monoisotopic (exact) mass is 418 g/mol. The summed E-state index contributed by atoms with van der Waals surface area (Å²) in [5.41, 5.74) is 1.71. The maximum absolute atomic E-state index is 12.9. The molecular formula is C25H38O5. The number of hydrogen-bond donors (Lipinski definition) is 2. The Kier molecular flexibility index (Phi) is 5.91. The Hall–Kier alpha value is -1.20. The fraction of sp³-hybridized carbons (Fsp3) is 0.840. The summed E-state index contributed by atoms with van der Waals surface area (Å²) in [6.45, 7) is 5.88. The second-order valence-electron chi connectivity index (χ2n) is 10.9. The molecule has 4 rings (SSSR count). The maximum Gasteiger partial charge on any atom is 0.303 e. The third-order valence-electron chi connectivity index (χ3n) is 9.68. The van der Waals surface area contributed by atoms with Crippen molar-refractivity contribution < 1.29 is 24.5 Å². The Balaban J connectivity index is 1.52. The summed E-state index contributed by atoms with van der Waals surface area (Å²) in [5.74, 6) is 1.72. The normalized spacial score (nSPS) is 43.6. The number of carbonyl (C=O) groups excluding carboxylic acids is 2. The molecule has 0 amide bonds. The molecule has 0 heterocycles. The van der Waals surface area contributed by atoms with E-state index in [0.29, 0.717) is 17.8 Å². The van der Waals surface area contributed by atoms with Gasteiger partial charge in [0.05, 0.1) is 12.7 Å². The van der Waals surface area contributed by atoms with Gasteiger partial charge >= 0.3 is 5.97 Å². The molecule has 0 aliphatic heterocycles. The Bertz CT molecular complexity index is 729. The molecule has 8 atom stereocenters. The average Bonchev–Trinajstić information content (AvgIpc) is 3.08. The van der Waals surface area contributed by atoms with E-state index in [4.69, 9.17) is 4.74 Å². The predicted octanol–water partition coefficient (Wildman–Crippen LogP) is 3.67. The average molecular weight is 419 g/mol. The number of aliphatic hydroxyl groups excluding tert-OH is 2. The summed E-state index contributed by atoms with van der Waals surface area (Å²) >= 11 is 0. The van der Waals surface area contributed by atoms with Crippen LogP contribution in [0.5, 0.6) is 0 Å². The zero-order chi connectivity index (χ0) is 21.7. The summed E-state index contributed by atoms with van der Waals surface area (Å²) in [4.78, 5) is 24.0. The van der Waals surface area contributed by atoms with Gasteiger partial charge in [0.15, 0.2) is 5.78 Å². The van der Waals surface area contributed by atoms with Gasteiger partial charge in [-0.25, -0.2) is 0 Å². The lowest BCUT2D eigenvalue weighted by Crippen LogP contribution is -2.51. The number of rotatable bonds is 5. The number of Topliss-reactive ketones (excluding diaryl/α,β-unsaturated/α-hetero) is 1.